The molecule has 124 valence electrons. The number of aliphatic hydroxyl groups is 2. The normalized spacial score (nSPS) is 13.6. The summed E-state index contributed by atoms with van der Waals surface area (Å²) in [5, 5.41) is 32.6. The second-order valence-corrected chi connectivity index (χ2v) is 5.53. The molecule has 0 aliphatic rings. The number of amides is 1. The number of rotatable bonds is 5. The Morgan fingerprint density at radius 3 is 2.54 bits per heavy atom. The minimum atomic E-state index is -1.35. The third kappa shape index (κ3) is 3.10. The molecule has 0 aliphatic heterocycles. The first-order chi connectivity index (χ1) is 11.6. The Balaban J connectivity index is 1.79. The highest BCUT2D eigenvalue weighted by molar-refractivity contribution is 5.91. The van der Waals surface area contributed by atoms with Gasteiger partial charge in [-0.25, -0.2) is 0 Å². The maximum atomic E-state index is 12.4. The third-order valence-corrected chi connectivity index (χ3v) is 3.96. The lowest BCUT2D eigenvalue weighted by atomic mass is 10.0. The number of hydrogen-bond acceptors (Lipinski definition) is 4. The van der Waals surface area contributed by atoms with Gasteiger partial charge in [-0.2, -0.15) is 0 Å². The summed E-state index contributed by atoms with van der Waals surface area (Å²) >= 11 is 0. The number of aromatic amines is 1. The van der Waals surface area contributed by atoms with Crippen molar-refractivity contribution in [3.63, 3.8) is 0 Å². The van der Waals surface area contributed by atoms with Crippen molar-refractivity contribution in [2.24, 2.45) is 0 Å². The predicted octanol–water partition coefficient (Wildman–Crippen LogP) is 1.76. The lowest BCUT2D eigenvalue weighted by Crippen LogP contribution is -2.34. The fourth-order valence-corrected chi connectivity index (χ4v) is 2.65. The molecule has 0 fully saturated rings. The molecule has 24 heavy (non-hydrogen) atoms. The number of carbonyl (C=O) groups excluding carboxylic acids is 1. The van der Waals surface area contributed by atoms with E-state index in [-0.39, 0.29) is 12.4 Å². The molecule has 0 aliphatic carbocycles. The van der Waals surface area contributed by atoms with Crippen LogP contribution in [-0.4, -0.2) is 32.8 Å². The number of phenols is 1. The molecule has 0 spiro atoms. The molecule has 1 amide bonds. The maximum absolute atomic E-state index is 12.4. The Morgan fingerprint density at radius 2 is 1.83 bits per heavy atom. The molecule has 0 bridgehead atoms. The Morgan fingerprint density at radius 1 is 1.12 bits per heavy atom. The highest BCUT2D eigenvalue weighted by Gasteiger charge is 2.23. The number of carbonyl (C=O) groups is 1. The molecular formula is C18H18N2O4. The highest BCUT2D eigenvalue weighted by Crippen LogP contribution is 2.25. The lowest BCUT2D eigenvalue weighted by Gasteiger charge is -2.19. The van der Waals surface area contributed by atoms with Crippen LogP contribution in [0.4, 0.5) is 0 Å². The third-order valence-electron chi connectivity index (χ3n) is 3.96. The largest absolute Gasteiger partial charge is 0.508 e. The van der Waals surface area contributed by atoms with Crippen LogP contribution in [0.1, 0.15) is 23.3 Å². The van der Waals surface area contributed by atoms with Crippen molar-refractivity contribution in [3.8, 4) is 5.75 Å². The standard InChI is InChI=1S/C18H18N2O4/c21-10-16(11-5-7-12(22)8-6-11)20-18(24)17(23)14-9-19-15-4-2-1-3-13(14)15/h1-9,16-17,19,21-23H,10H2,(H,20,24)/t16-,17?/m1/s1. The summed E-state index contributed by atoms with van der Waals surface area (Å²) in [4.78, 5) is 15.4. The van der Waals surface area contributed by atoms with E-state index in [1.807, 2.05) is 24.3 Å². The monoisotopic (exact) mass is 326 g/mol. The molecular weight excluding hydrogens is 308 g/mol. The first-order valence-corrected chi connectivity index (χ1v) is 7.54. The Kier molecular flexibility index (Phi) is 4.50. The first kappa shape index (κ1) is 16.0. The van der Waals surface area contributed by atoms with Gasteiger partial charge in [0, 0.05) is 22.7 Å². The van der Waals surface area contributed by atoms with E-state index < -0.39 is 18.1 Å². The number of benzene rings is 2. The molecule has 6 heteroatoms. The molecule has 6 nitrogen and oxygen atoms in total. The zero-order chi connectivity index (χ0) is 17.1. The van der Waals surface area contributed by atoms with Crippen LogP contribution in [0.3, 0.4) is 0 Å². The van der Waals surface area contributed by atoms with Gasteiger partial charge in [0.1, 0.15) is 5.75 Å². The van der Waals surface area contributed by atoms with Crippen molar-refractivity contribution in [1.82, 2.24) is 10.3 Å². The van der Waals surface area contributed by atoms with E-state index in [0.717, 1.165) is 10.9 Å². The second-order valence-electron chi connectivity index (χ2n) is 5.53. The van der Waals surface area contributed by atoms with Gasteiger partial charge in [-0.1, -0.05) is 30.3 Å². The molecule has 3 rings (SSSR count). The number of fused-ring (bicyclic) bond motifs is 1. The molecule has 3 aromatic rings. The number of nitrogens with one attached hydrogen (secondary N) is 2. The summed E-state index contributed by atoms with van der Waals surface area (Å²) in [5.74, 6) is -0.507. The zero-order valence-corrected chi connectivity index (χ0v) is 12.8. The molecule has 1 aromatic heterocycles. The molecule has 0 saturated carbocycles. The van der Waals surface area contributed by atoms with E-state index >= 15 is 0 Å². The number of aliphatic hydroxyl groups excluding tert-OH is 2. The van der Waals surface area contributed by atoms with E-state index in [1.165, 1.54) is 12.1 Å². The van der Waals surface area contributed by atoms with E-state index in [1.54, 1.807) is 18.3 Å². The van der Waals surface area contributed by atoms with Gasteiger partial charge >= 0.3 is 0 Å². The summed E-state index contributed by atoms with van der Waals surface area (Å²) in [5.41, 5.74) is 1.94. The van der Waals surface area contributed by atoms with Crippen LogP contribution >= 0.6 is 0 Å². The van der Waals surface area contributed by atoms with Crippen LogP contribution in [-0.2, 0) is 4.79 Å². The molecule has 5 N–H and O–H groups in total. The molecule has 2 atom stereocenters. The van der Waals surface area contributed by atoms with Crippen LogP contribution in [0, 0.1) is 0 Å². The average Bonchev–Trinajstić information content (AvgIpc) is 3.03. The van der Waals surface area contributed by atoms with Crippen molar-refractivity contribution in [2.45, 2.75) is 12.1 Å². The van der Waals surface area contributed by atoms with Crippen LogP contribution in [0.5, 0.6) is 5.75 Å². The second kappa shape index (κ2) is 6.74. The number of para-hydroxylation sites is 1. The van der Waals surface area contributed by atoms with Crippen LogP contribution in [0.2, 0.25) is 0 Å². The number of hydrogen-bond donors (Lipinski definition) is 5. The maximum Gasteiger partial charge on any atom is 0.254 e. The van der Waals surface area contributed by atoms with Gasteiger partial charge in [0.05, 0.1) is 12.6 Å². The van der Waals surface area contributed by atoms with Crippen molar-refractivity contribution < 1.29 is 20.1 Å². The number of aromatic hydroxyl groups is 1. The first-order valence-electron chi connectivity index (χ1n) is 7.54. The van der Waals surface area contributed by atoms with Crippen molar-refractivity contribution in [2.75, 3.05) is 6.61 Å². The fraction of sp³-hybridized carbons (Fsp3) is 0.167. The fourth-order valence-electron chi connectivity index (χ4n) is 2.65. The molecule has 0 saturated heterocycles. The Bertz CT molecular complexity index is 842. The van der Waals surface area contributed by atoms with E-state index in [9.17, 15) is 20.1 Å². The zero-order valence-electron chi connectivity index (χ0n) is 12.8. The summed E-state index contributed by atoms with van der Waals surface area (Å²) in [6.07, 6.45) is 0.246. The summed E-state index contributed by atoms with van der Waals surface area (Å²) < 4.78 is 0. The number of H-pyrrole nitrogens is 1. The van der Waals surface area contributed by atoms with Crippen LogP contribution in [0.15, 0.2) is 54.7 Å². The van der Waals surface area contributed by atoms with E-state index in [2.05, 4.69) is 10.3 Å². The minimum absolute atomic E-state index is 0.0978. The Labute approximate surface area is 138 Å². The van der Waals surface area contributed by atoms with Gasteiger partial charge in [-0.05, 0) is 23.8 Å². The highest BCUT2D eigenvalue weighted by atomic mass is 16.3. The SMILES string of the molecule is O=C(N[C@H](CO)c1ccc(O)cc1)C(O)c1c[nH]c2ccccc12. The van der Waals surface area contributed by atoms with Crippen LogP contribution in [0.25, 0.3) is 10.9 Å². The minimum Gasteiger partial charge on any atom is -0.508 e. The topological polar surface area (TPSA) is 106 Å². The molecule has 1 unspecified atom stereocenters. The van der Waals surface area contributed by atoms with Gasteiger partial charge in [-0.3, -0.25) is 4.79 Å². The predicted molar refractivity (Wildman–Crippen MR) is 89.3 cm³/mol. The van der Waals surface area contributed by atoms with Gasteiger partial charge in [-0.15, -0.1) is 0 Å². The van der Waals surface area contributed by atoms with Crippen molar-refractivity contribution in [3.05, 3.63) is 65.9 Å². The van der Waals surface area contributed by atoms with Gasteiger partial charge in [0.2, 0.25) is 0 Å². The smallest absolute Gasteiger partial charge is 0.254 e. The summed E-state index contributed by atoms with van der Waals surface area (Å²) in [7, 11) is 0. The van der Waals surface area contributed by atoms with Crippen molar-refractivity contribution in [1.29, 1.82) is 0 Å². The van der Waals surface area contributed by atoms with Gasteiger partial charge < -0.3 is 25.6 Å². The number of aromatic nitrogens is 1. The van der Waals surface area contributed by atoms with E-state index in [0.29, 0.717) is 11.1 Å². The van der Waals surface area contributed by atoms with E-state index in [4.69, 9.17) is 0 Å². The average molecular weight is 326 g/mol. The number of phenolic OH excluding ortho intramolecular Hbond substituents is 1. The molecule has 1 heterocycles. The van der Waals surface area contributed by atoms with Crippen LogP contribution < -0.4 is 5.32 Å². The Hall–Kier alpha value is -2.83. The van der Waals surface area contributed by atoms with Gasteiger partial charge in [0.25, 0.3) is 5.91 Å². The van der Waals surface area contributed by atoms with Crippen molar-refractivity contribution >= 4 is 16.8 Å². The molecule has 0 radical (unpaired) electrons. The van der Waals surface area contributed by atoms with Gasteiger partial charge in [0.15, 0.2) is 6.10 Å². The summed E-state index contributed by atoms with van der Waals surface area (Å²) in [6, 6.07) is 12.9. The molecule has 2 aromatic carbocycles. The lowest BCUT2D eigenvalue weighted by molar-refractivity contribution is -0.130. The summed E-state index contributed by atoms with van der Waals surface area (Å²) in [6.45, 7) is -0.322. The quantitative estimate of drug-likeness (QED) is 0.492.